The van der Waals surface area contributed by atoms with Crippen molar-refractivity contribution in [2.75, 3.05) is 27.4 Å². The third-order valence-corrected chi connectivity index (χ3v) is 2.96. The van der Waals surface area contributed by atoms with Gasteiger partial charge >= 0.3 is 0 Å². The minimum absolute atomic E-state index is 0.319. The normalized spacial score (nSPS) is 9.68. The molecule has 0 aliphatic heterocycles. The van der Waals surface area contributed by atoms with Crippen molar-refractivity contribution in [1.29, 1.82) is 5.26 Å². The van der Waals surface area contributed by atoms with E-state index >= 15 is 0 Å². The zero-order chi connectivity index (χ0) is 15.8. The van der Waals surface area contributed by atoms with Crippen LogP contribution in [-0.4, -0.2) is 27.4 Å². The highest BCUT2D eigenvalue weighted by molar-refractivity contribution is 5.47. The zero-order valence-corrected chi connectivity index (χ0v) is 12.5. The molecule has 0 heterocycles. The lowest BCUT2D eigenvalue weighted by Crippen LogP contribution is -2.09. The third kappa shape index (κ3) is 4.06. The number of rotatable bonds is 7. The van der Waals surface area contributed by atoms with E-state index in [4.69, 9.17) is 24.2 Å². The minimum atomic E-state index is 0.319. The largest absolute Gasteiger partial charge is 0.497 e. The maximum Gasteiger partial charge on any atom is 0.140 e. The van der Waals surface area contributed by atoms with E-state index in [1.807, 2.05) is 18.2 Å². The number of nitriles is 1. The summed E-state index contributed by atoms with van der Waals surface area (Å²) in [5, 5.41) is 9.06. The van der Waals surface area contributed by atoms with Crippen LogP contribution in [0.5, 0.6) is 23.0 Å². The fraction of sp³-hybridized carbons (Fsp3) is 0.235. The molecule has 0 N–H and O–H groups in total. The first kappa shape index (κ1) is 15.5. The lowest BCUT2D eigenvalue weighted by atomic mass is 10.2. The Morgan fingerprint density at radius 3 is 2.27 bits per heavy atom. The van der Waals surface area contributed by atoms with Crippen LogP contribution < -0.4 is 18.9 Å². The van der Waals surface area contributed by atoms with Crippen LogP contribution in [0.15, 0.2) is 42.5 Å². The molecule has 0 unspecified atom stereocenters. The first-order chi connectivity index (χ1) is 10.8. The summed E-state index contributed by atoms with van der Waals surface area (Å²) < 4.78 is 21.4. The summed E-state index contributed by atoms with van der Waals surface area (Å²) >= 11 is 0. The monoisotopic (exact) mass is 299 g/mol. The highest BCUT2D eigenvalue weighted by Gasteiger charge is 2.05. The quantitative estimate of drug-likeness (QED) is 0.735. The van der Waals surface area contributed by atoms with Crippen molar-refractivity contribution < 1.29 is 18.9 Å². The van der Waals surface area contributed by atoms with Gasteiger partial charge in [0.25, 0.3) is 0 Å². The van der Waals surface area contributed by atoms with E-state index in [2.05, 4.69) is 6.07 Å². The number of hydrogen-bond donors (Lipinski definition) is 0. The van der Waals surface area contributed by atoms with Crippen LogP contribution in [0, 0.1) is 11.3 Å². The minimum Gasteiger partial charge on any atom is -0.497 e. The van der Waals surface area contributed by atoms with Gasteiger partial charge in [0, 0.05) is 12.1 Å². The molecule has 2 rings (SSSR count). The highest BCUT2D eigenvalue weighted by atomic mass is 16.5. The molecule has 0 spiro atoms. The topological polar surface area (TPSA) is 60.7 Å². The standard InChI is InChI=1S/C17H17NO4/c1-19-14-4-3-5-16(10-14)21-8-9-22-17-11-15(20-2)7-6-13(17)12-18/h3-7,10-11H,8-9H2,1-2H3. The van der Waals surface area contributed by atoms with Crippen LogP contribution in [0.4, 0.5) is 0 Å². The van der Waals surface area contributed by atoms with Gasteiger partial charge in [-0.05, 0) is 24.3 Å². The van der Waals surface area contributed by atoms with Crippen LogP contribution in [0.3, 0.4) is 0 Å². The van der Waals surface area contributed by atoms with E-state index in [9.17, 15) is 0 Å². The fourth-order valence-corrected chi connectivity index (χ4v) is 1.84. The smallest absolute Gasteiger partial charge is 0.140 e. The Hall–Kier alpha value is -2.87. The van der Waals surface area contributed by atoms with E-state index in [0.717, 1.165) is 5.75 Å². The molecule has 0 aliphatic rings. The Morgan fingerprint density at radius 2 is 1.55 bits per heavy atom. The SMILES string of the molecule is COc1cccc(OCCOc2cc(OC)ccc2C#N)c1. The Labute approximate surface area is 129 Å². The number of hydrogen-bond acceptors (Lipinski definition) is 5. The second-order valence-electron chi connectivity index (χ2n) is 4.35. The lowest BCUT2D eigenvalue weighted by Gasteiger charge is -2.11. The molecule has 0 saturated heterocycles. The molecule has 0 bridgehead atoms. The van der Waals surface area contributed by atoms with Crippen LogP contribution in [0.1, 0.15) is 5.56 Å². The molecular weight excluding hydrogens is 282 g/mol. The second-order valence-corrected chi connectivity index (χ2v) is 4.35. The molecule has 0 aromatic heterocycles. The van der Waals surface area contributed by atoms with Crippen LogP contribution in [0.2, 0.25) is 0 Å². The summed E-state index contributed by atoms with van der Waals surface area (Å²) in [7, 11) is 3.17. The van der Waals surface area contributed by atoms with Crippen LogP contribution >= 0.6 is 0 Å². The van der Waals surface area contributed by atoms with Gasteiger partial charge in [0.2, 0.25) is 0 Å². The van der Waals surface area contributed by atoms with Gasteiger partial charge in [-0.1, -0.05) is 6.07 Å². The van der Waals surface area contributed by atoms with Crippen LogP contribution in [0.25, 0.3) is 0 Å². The first-order valence-corrected chi connectivity index (χ1v) is 6.74. The molecule has 5 nitrogen and oxygen atoms in total. The van der Waals surface area contributed by atoms with Gasteiger partial charge < -0.3 is 18.9 Å². The van der Waals surface area contributed by atoms with Crippen molar-refractivity contribution in [3.63, 3.8) is 0 Å². The fourth-order valence-electron chi connectivity index (χ4n) is 1.84. The Morgan fingerprint density at radius 1 is 0.864 bits per heavy atom. The van der Waals surface area contributed by atoms with E-state index < -0.39 is 0 Å². The molecule has 0 aliphatic carbocycles. The molecule has 5 heteroatoms. The zero-order valence-electron chi connectivity index (χ0n) is 12.5. The van der Waals surface area contributed by atoms with Crippen molar-refractivity contribution in [3.8, 4) is 29.1 Å². The highest BCUT2D eigenvalue weighted by Crippen LogP contribution is 2.24. The van der Waals surface area contributed by atoms with Crippen molar-refractivity contribution in [3.05, 3.63) is 48.0 Å². The Kier molecular flexibility index (Phi) is 5.50. The summed E-state index contributed by atoms with van der Waals surface area (Å²) in [6.07, 6.45) is 0. The number of benzene rings is 2. The van der Waals surface area contributed by atoms with Gasteiger partial charge in [-0.15, -0.1) is 0 Å². The van der Waals surface area contributed by atoms with E-state index in [-0.39, 0.29) is 0 Å². The number of nitrogens with zero attached hydrogens (tertiary/aromatic N) is 1. The summed E-state index contributed by atoms with van der Waals surface area (Å²) in [5.74, 6) is 2.56. The maximum absolute atomic E-state index is 9.06. The van der Waals surface area contributed by atoms with Gasteiger partial charge in [-0.2, -0.15) is 5.26 Å². The molecule has 2 aromatic rings. The predicted octanol–water partition coefficient (Wildman–Crippen LogP) is 3.03. The van der Waals surface area contributed by atoms with Crippen molar-refractivity contribution in [1.82, 2.24) is 0 Å². The van der Waals surface area contributed by atoms with Crippen molar-refractivity contribution >= 4 is 0 Å². The summed E-state index contributed by atoms with van der Waals surface area (Å²) in [4.78, 5) is 0. The molecule has 0 atom stereocenters. The molecule has 0 radical (unpaired) electrons. The molecule has 2 aromatic carbocycles. The van der Waals surface area contributed by atoms with Gasteiger partial charge in [0.1, 0.15) is 42.3 Å². The lowest BCUT2D eigenvalue weighted by molar-refractivity contribution is 0.215. The average Bonchev–Trinajstić information content (AvgIpc) is 2.58. The first-order valence-electron chi connectivity index (χ1n) is 6.74. The second kappa shape index (κ2) is 7.79. The summed E-state index contributed by atoms with van der Waals surface area (Å²) in [5.41, 5.74) is 0.460. The van der Waals surface area contributed by atoms with Gasteiger partial charge in [-0.25, -0.2) is 0 Å². The molecular formula is C17H17NO4. The van der Waals surface area contributed by atoms with Gasteiger partial charge in [0.05, 0.1) is 19.8 Å². The summed E-state index contributed by atoms with van der Waals surface area (Å²) in [6, 6.07) is 14.5. The summed E-state index contributed by atoms with van der Waals surface area (Å²) in [6.45, 7) is 0.675. The number of methoxy groups -OCH3 is 2. The molecule has 0 amide bonds. The Balaban J connectivity index is 1.89. The third-order valence-electron chi connectivity index (χ3n) is 2.96. The maximum atomic E-state index is 9.06. The van der Waals surface area contributed by atoms with Gasteiger partial charge in [0.15, 0.2) is 0 Å². The molecule has 22 heavy (non-hydrogen) atoms. The van der Waals surface area contributed by atoms with Crippen molar-refractivity contribution in [2.24, 2.45) is 0 Å². The number of ether oxygens (including phenoxy) is 4. The molecule has 114 valence electrons. The van der Waals surface area contributed by atoms with E-state index in [1.54, 1.807) is 38.5 Å². The molecule has 0 saturated carbocycles. The molecule has 0 fully saturated rings. The Bertz CT molecular complexity index is 664. The van der Waals surface area contributed by atoms with E-state index in [0.29, 0.717) is 36.0 Å². The average molecular weight is 299 g/mol. The predicted molar refractivity (Wildman–Crippen MR) is 81.7 cm³/mol. The van der Waals surface area contributed by atoms with Crippen LogP contribution in [-0.2, 0) is 0 Å². The van der Waals surface area contributed by atoms with E-state index in [1.165, 1.54) is 0 Å². The van der Waals surface area contributed by atoms with Crippen molar-refractivity contribution in [2.45, 2.75) is 0 Å². The van der Waals surface area contributed by atoms with Gasteiger partial charge in [-0.3, -0.25) is 0 Å².